The zero-order valence-corrected chi connectivity index (χ0v) is 12.9. The number of aryl methyl sites for hydroxylation is 2. The Morgan fingerprint density at radius 1 is 1.37 bits per heavy atom. The van der Waals surface area contributed by atoms with Crippen molar-refractivity contribution in [2.75, 3.05) is 0 Å². The van der Waals surface area contributed by atoms with Crippen molar-refractivity contribution in [3.05, 3.63) is 18.0 Å². The van der Waals surface area contributed by atoms with Gasteiger partial charge in [-0.25, -0.2) is 0 Å². The van der Waals surface area contributed by atoms with Crippen LogP contribution in [0.1, 0.15) is 58.6 Å². The van der Waals surface area contributed by atoms with Gasteiger partial charge in [0.25, 0.3) is 0 Å². The third kappa shape index (κ3) is 3.59. The van der Waals surface area contributed by atoms with Crippen LogP contribution in [-0.2, 0) is 13.5 Å². The maximum absolute atomic E-state index is 6.60. The van der Waals surface area contributed by atoms with Crippen LogP contribution in [0.15, 0.2) is 12.3 Å². The normalized spacial score (nSPS) is 28.6. The lowest BCUT2D eigenvalue weighted by Crippen LogP contribution is -2.45. The first kappa shape index (κ1) is 14.6. The number of nitrogens with zero attached hydrogens (tertiary/aromatic N) is 2. The first-order valence-electron chi connectivity index (χ1n) is 7.56. The molecule has 1 heterocycles. The summed E-state index contributed by atoms with van der Waals surface area (Å²) in [6, 6.07) is 2.10. The van der Waals surface area contributed by atoms with Crippen molar-refractivity contribution in [3.8, 4) is 0 Å². The molecule has 2 rings (SSSR count). The van der Waals surface area contributed by atoms with Crippen LogP contribution in [0.4, 0.5) is 0 Å². The van der Waals surface area contributed by atoms with E-state index < -0.39 is 0 Å². The topological polar surface area (TPSA) is 43.8 Å². The molecule has 0 atom stereocenters. The molecule has 0 saturated heterocycles. The molecule has 1 fully saturated rings. The van der Waals surface area contributed by atoms with Gasteiger partial charge in [-0.15, -0.1) is 0 Å². The van der Waals surface area contributed by atoms with Gasteiger partial charge < -0.3 is 5.73 Å². The van der Waals surface area contributed by atoms with Crippen molar-refractivity contribution in [2.45, 2.75) is 64.8 Å². The fourth-order valence-corrected chi connectivity index (χ4v) is 3.33. The Balaban J connectivity index is 1.87. The van der Waals surface area contributed by atoms with E-state index in [1.807, 2.05) is 17.9 Å². The molecule has 0 bridgehead atoms. The minimum Gasteiger partial charge on any atom is -0.325 e. The Hall–Kier alpha value is -0.830. The van der Waals surface area contributed by atoms with Gasteiger partial charge in [0.1, 0.15) is 0 Å². The van der Waals surface area contributed by atoms with E-state index in [2.05, 4.69) is 31.9 Å². The van der Waals surface area contributed by atoms with Crippen LogP contribution in [0.3, 0.4) is 0 Å². The first-order chi connectivity index (χ1) is 8.80. The lowest BCUT2D eigenvalue weighted by Gasteiger charge is -2.42. The summed E-state index contributed by atoms with van der Waals surface area (Å²) in [6.07, 6.45) is 8.92. The highest BCUT2D eigenvalue weighted by molar-refractivity contribution is 5.03. The SMILES string of the molecule is Cn1nccc1CCC1(N)CCC(C(C)(C)C)CC1. The second kappa shape index (κ2) is 5.28. The summed E-state index contributed by atoms with van der Waals surface area (Å²) < 4.78 is 1.96. The minimum atomic E-state index is 0.0476. The summed E-state index contributed by atoms with van der Waals surface area (Å²) in [5, 5.41) is 4.22. The van der Waals surface area contributed by atoms with E-state index in [0.29, 0.717) is 5.41 Å². The van der Waals surface area contributed by atoms with E-state index in [4.69, 9.17) is 5.73 Å². The summed E-state index contributed by atoms with van der Waals surface area (Å²) in [4.78, 5) is 0. The zero-order valence-electron chi connectivity index (χ0n) is 12.9. The van der Waals surface area contributed by atoms with Gasteiger partial charge >= 0.3 is 0 Å². The molecule has 1 aromatic heterocycles. The monoisotopic (exact) mass is 263 g/mol. The van der Waals surface area contributed by atoms with Gasteiger partial charge in [-0.1, -0.05) is 20.8 Å². The average Bonchev–Trinajstić information content (AvgIpc) is 2.72. The summed E-state index contributed by atoms with van der Waals surface area (Å²) >= 11 is 0. The van der Waals surface area contributed by atoms with E-state index in [0.717, 1.165) is 18.8 Å². The molecule has 108 valence electrons. The van der Waals surface area contributed by atoms with E-state index in [1.165, 1.54) is 31.4 Å². The molecule has 0 amide bonds. The van der Waals surface area contributed by atoms with Crippen molar-refractivity contribution in [1.82, 2.24) is 9.78 Å². The van der Waals surface area contributed by atoms with Crippen LogP contribution < -0.4 is 5.73 Å². The van der Waals surface area contributed by atoms with Crippen LogP contribution in [0.5, 0.6) is 0 Å². The third-order valence-electron chi connectivity index (χ3n) is 5.01. The Kier molecular flexibility index (Phi) is 4.05. The molecule has 0 radical (unpaired) electrons. The van der Waals surface area contributed by atoms with Gasteiger partial charge in [0.05, 0.1) is 0 Å². The maximum atomic E-state index is 6.60. The Morgan fingerprint density at radius 3 is 2.47 bits per heavy atom. The summed E-state index contributed by atoms with van der Waals surface area (Å²) in [5.41, 5.74) is 8.38. The predicted molar refractivity (Wildman–Crippen MR) is 79.9 cm³/mol. The average molecular weight is 263 g/mol. The van der Waals surface area contributed by atoms with E-state index in [1.54, 1.807) is 0 Å². The van der Waals surface area contributed by atoms with E-state index in [9.17, 15) is 0 Å². The molecule has 1 aliphatic carbocycles. The Morgan fingerprint density at radius 2 is 2.00 bits per heavy atom. The molecule has 0 aliphatic heterocycles. The fraction of sp³-hybridized carbons (Fsp3) is 0.812. The van der Waals surface area contributed by atoms with Crippen molar-refractivity contribution >= 4 is 0 Å². The number of hydrogen-bond donors (Lipinski definition) is 1. The summed E-state index contributed by atoms with van der Waals surface area (Å²) in [6.45, 7) is 7.07. The standard InChI is InChI=1S/C16H29N3/c1-15(2,3)13-5-9-16(17,10-6-13)11-7-14-8-12-18-19(14)4/h8,12-13H,5-7,9-11,17H2,1-4H3. The van der Waals surface area contributed by atoms with Crippen LogP contribution >= 0.6 is 0 Å². The molecule has 19 heavy (non-hydrogen) atoms. The maximum Gasteiger partial charge on any atom is 0.0492 e. The van der Waals surface area contributed by atoms with Gasteiger partial charge in [-0.2, -0.15) is 5.10 Å². The van der Waals surface area contributed by atoms with Gasteiger partial charge in [0, 0.05) is 24.5 Å². The van der Waals surface area contributed by atoms with Crippen LogP contribution in [-0.4, -0.2) is 15.3 Å². The van der Waals surface area contributed by atoms with Gasteiger partial charge in [-0.3, -0.25) is 4.68 Å². The quantitative estimate of drug-likeness (QED) is 0.909. The van der Waals surface area contributed by atoms with Gasteiger partial charge in [0.15, 0.2) is 0 Å². The third-order valence-corrected chi connectivity index (χ3v) is 5.01. The fourth-order valence-electron chi connectivity index (χ4n) is 3.33. The van der Waals surface area contributed by atoms with Crippen molar-refractivity contribution in [2.24, 2.45) is 24.1 Å². The lowest BCUT2D eigenvalue weighted by atomic mass is 9.66. The lowest BCUT2D eigenvalue weighted by molar-refractivity contribution is 0.129. The number of hydrogen-bond acceptors (Lipinski definition) is 2. The second-order valence-corrected chi connectivity index (χ2v) is 7.45. The smallest absolute Gasteiger partial charge is 0.0492 e. The molecule has 1 aromatic rings. The zero-order chi connectivity index (χ0) is 14.1. The molecule has 0 aromatic carbocycles. The Labute approximate surface area is 117 Å². The number of aromatic nitrogens is 2. The molecular weight excluding hydrogens is 234 g/mol. The van der Waals surface area contributed by atoms with Crippen molar-refractivity contribution < 1.29 is 0 Å². The van der Waals surface area contributed by atoms with Crippen LogP contribution in [0.2, 0.25) is 0 Å². The molecule has 2 N–H and O–H groups in total. The highest BCUT2D eigenvalue weighted by atomic mass is 15.2. The van der Waals surface area contributed by atoms with Gasteiger partial charge in [0.2, 0.25) is 0 Å². The second-order valence-electron chi connectivity index (χ2n) is 7.45. The Bertz CT molecular complexity index is 406. The summed E-state index contributed by atoms with van der Waals surface area (Å²) in [7, 11) is 2.01. The first-order valence-corrected chi connectivity index (χ1v) is 7.56. The van der Waals surface area contributed by atoms with Crippen molar-refractivity contribution in [3.63, 3.8) is 0 Å². The van der Waals surface area contributed by atoms with Crippen LogP contribution in [0, 0.1) is 11.3 Å². The number of rotatable bonds is 3. The predicted octanol–water partition coefficient (Wildman–Crippen LogP) is 3.29. The van der Waals surface area contributed by atoms with Crippen LogP contribution in [0.25, 0.3) is 0 Å². The van der Waals surface area contributed by atoms with Crippen molar-refractivity contribution in [1.29, 1.82) is 0 Å². The van der Waals surface area contributed by atoms with Gasteiger partial charge in [-0.05, 0) is 55.9 Å². The molecular formula is C16H29N3. The number of nitrogens with two attached hydrogens (primary N) is 1. The van der Waals surface area contributed by atoms with E-state index in [-0.39, 0.29) is 5.54 Å². The molecule has 1 aliphatic rings. The molecule has 0 unspecified atom stereocenters. The molecule has 1 saturated carbocycles. The molecule has 3 heteroatoms. The molecule has 3 nitrogen and oxygen atoms in total. The highest BCUT2D eigenvalue weighted by Gasteiger charge is 2.35. The molecule has 0 spiro atoms. The summed E-state index contributed by atoms with van der Waals surface area (Å²) in [5.74, 6) is 0.834. The van der Waals surface area contributed by atoms with E-state index >= 15 is 0 Å². The largest absolute Gasteiger partial charge is 0.325 e. The minimum absolute atomic E-state index is 0.0476. The highest BCUT2D eigenvalue weighted by Crippen LogP contribution is 2.41.